The number of thiophene rings is 1. The third-order valence-corrected chi connectivity index (χ3v) is 4.84. The molecule has 0 aromatic carbocycles. The first kappa shape index (κ1) is 14.0. The lowest BCUT2D eigenvalue weighted by Crippen LogP contribution is -2.13. The molecule has 2 N–H and O–H groups in total. The summed E-state index contributed by atoms with van der Waals surface area (Å²) < 4.78 is 26.7. The lowest BCUT2D eigenvalue weighted by atomic mass is 10.2. The fourth-order valence-corrected chi connectivity index (χ4v) is 3.80. The predicted octanol–water partition coefficient (Wildman–Crippen LogP) is 2.05. The minimum absolute atomic E-state index is 0.141. The van der Waals surface area contributed by atoms with E-state index in [1.165, 1.54) is 22.8 Å². The first-order valence-corrected chi connectivity index (χ1v) is 7.93. The molecule has 0 amide bonds. The fourth-order valence-electron chi connectivity index (χ4n) is 1.67. The van der Waals surface area contributed by atoms with E-state index in [1.807, 2.05) is 13.0 Å². The van der Waals surface area contributed by atoms with Crippen LogP contribution in [0.5, 0.6) is 0 Å². The van der Waals surface area contributed by atoms with Crippen LogP contribution in [0.15, 0.2) is 28.5 Å². The molecule has 0 unspecified atom stereocenters. The molecule has 2 aromatic heterocycles. The molecule has 2 aromatic rings. The van der Waals surface area contributed by atoms with Crippen molar-refractivity contribution in [3.8, 4) is 0 Å². The van der Waals surface area contributed by atoms with Crippen LogP contribution >= 0.6 is 11.3 Å². The number of aryl methyl sites for hydroxylation is 2. The lowest BCUT2D eigenvalue weighted by Gasteiger charge is -2.07. The molecule has 0 aliphatic carbocycles. The van der Waals surface area contributed by atoms with Gasteiger partial charge < -0.3 is 5.11 Å². The van der Waals surface area contributed by atoms with Gasteiger partial charge in [0, 0.05) is 16.0 Å². The first-order chi connectivity index (χ1) is 8.90. The summed E-state index contributed by atoms with van der Waals surface area (Å²) in [6.45, 7) is 3.52. The number of hydrogen-bond donors (Lipinski definition) is 2. The van der Waals surface area contributed by atoms with Crippen molar-refractivity contribution in [1.82, 2.24) is 4.98 Å². The van der Waals surface area contributed by atoms with Crippen molar-refractivity contribution in [2.24, 2.45) is 0 Å². The molecule has 5 nitrogen and oxygen atoms in total. The number of pyridine rings is 1. The molecule has 0 aliphatic heterocycles. The molecule has 0 aliphatic rings. The quantitative estimate of drug-likeness (QED) is 0.905. The molecular weight excluding hydrogens is 284 g/mol. The van der Waals surface area contributed by atoms with E-state index in [0.29, 0.717) is 10.7 Å². The third-order valence-electron chi connectivity index (χ3n) is 2.43. The van der Waals surface area contributed by atoms with Crippen LogP contribution in [0, 0.1) is 13.8 Å². The van der Waals surface area contributed by atoms with E-state index in [1.54, 1.807) is 13.0 Å². The number of aliphatic hydroxyl groups excluding tert-OH is 1. The van der Waals surface area contributed by atoms with Crippen molar-refractivity contribution >= 4 is 27.2 Å². The summed E-state index contributed by atoms with van der Waals surface area (Å²) in [5.74, 6) is 0.300. The average Bonchev–Trinajstić information content (AvgIpc) is 2.75. The number of nitrogens with one attached hydrogen (secondary N) is 1. The van der Waals surface area contributed by atoms with Crippen LogP contribution in [0.1, 0.15) is 16.1 Å². The lowest BCUT2D eigenvalue weighted by molar-refractivity contribution is 0.285. The topological polar surface area (TPSA) is 79.3 Å². The zero-order valence-electron chi connectivity index (χ0n) is 10.5. The van der Waals surface area contributed by atoms with Crippen molar-refractivity contribution in [3.63, 3.8) is 0 Å². The maximum atomic E-state index is 12.1. The Bertz CT molecular complexity index is 673. The van der Waals surface area contributed by atoms with E-state index in [9.17, 15) is 8.42 Å². The number of rotatable bonds is 4. The SMILES string of the molecule is Cc1cc(C)nc(NS(=O)(=O)c2csc(CO)c2)c1. The molecule has 7 heteroatoms. The molecule has 0 fully saturated rings. The Morgan fingerprint density at radius 3 is 2.63 bits per heavy atom. The Morgan fingerprint density at radius 1 is 1.32 bits per heavy atom. The molecule has 0 saturated carbocycles. The highest BCUT2D eigenvalue weighted by molar-refractivity contribution is 7.92. The fraction of sp³-hybridized carbons (Fsp3) is 0.250. The zero-order chi connectivity index (χ0) is 14.0. The van der Waals surface area contributed by atoms with E-state index in [4.69, 9.17) is 5.11 Å². The second-order valence-corrected chi connectivity index (χ2v) is 6.86. The van der Waals surface area contributed by atoms with Gasteiger partial charge in [0.25, 0.3) is 10.0 Å². The normalized spacial score (nSPS) is 11.5. The highest BCUT2D eigenvalue weighted by Gasteiger charge is 2.17. The van der Waals surface area contributed by atoms with Crippen LogP contribution in [0.4, 0.5) is 5.82 Å². The molecular formula is C12H14N2O3S2. The monoisotopic (exact) mass is 298 g/mol. The van der Waals surface area contributed by atoms with Gasteiger partial charge in [-0.05, 0) is 37.6 Å². The zero-order valence-corrected chi connectivity index (χ0v) is 12.2. The minimum atomic E-state index is -3.65. The molecule has 2 rings (SSSR count). The van der Waals surface area contributed by atoms with E-state index < -0.39 is 10.0 Å². The summed E-state index contributed by atoms with van der Waals surface area (Å²) in [5, 5.41) is 10.5. The molecule has 0 saturated heterocycles. The van der Waals surface area contributed by atoms with E-state index in [0.717, 1.165) is 11.3 Å². The van der Waals surface area contributed by atoms with Gasteiger partial charge in [-0.15, -0.1) is 11.3 Å². The highest BCUT2D eigenvalue weighted by Crippen LogP contribution is 2.21. The number of hydrogen-bond acceptors (Lipinski definition) is 5. The van der Waals surface area contributed by atoms with Gasteiger partial charge in [-0.25, -0.2) is 13.4 Å². The number of nitrogens with zero attached hydrogens (tertiary/aromatic N) is 1. The molecule has 2 heterocycles. The van der Waals surface area contributed by atoms with Crippen LogP contribution < -0.4 is 4.72 Å². The largest absolute Gasteiger partial charge is 0.391 e. The van der Waals surface area contributed by atoms with Gasteiger partial charge in [0.05, 0.1) is 11.5 Å². The maximum Gasteiger partial charge on any atom is 0.263 e. The van der Waals surface area contributed by atoms with Gasteiger partial charge >= 0.3 is 0 Å². The van der Waals surface area contributed by atoms with Crippen LogP contribution in [0.2, 0.25) is 0 Å². The summed E-state index contributed by atoms with van der Waals surface area (Å²) in [5.41, 5.74) is 1.69. The smallest absolute Gasteiger partial charge is 0.263 e. The van der Waals surface area contributed by atoms with Crippen LogP contribution in [-0.2, 0) is 16.6 Å². The summed E-state index contributed by atoms with van der Waals surface area (Å²) in [6, 6.07) is 4.99. The predicted molar refractivity (Wildman–Crippen MR) is 74.8 cm³/mol. The Labute approximate surface area is 116 Å². The van der Waals surface area contributed by atoms with Gasteiger partial charge in [0.15, 0.2) is 0 Å². The van der Waals surface area contributed by atoms with E-state index in [-0.39, 0.29) is 11.5 Å². The molecule has 102 valence electrons. The summed E-state index contributed by atoms with van der Waals surface area (Å²) >= 11 is 1.20. The first-order valence-electron chi connectivity index (χ1n) is 5.57. The van der Waals surface area contributed by atoms with Crippen LogP contribution in [0.25, 0.3) is 0 Å². The number of aliphatic hydroxyl groups is 1. The highest BCUT2D eigenvalue weighted by atomic mass is 32.2. The molecule has 0 spiro atoms. The second kappa shape index (κ2) is 5.28. The Balaban J connectivity index is 2.30. The van der Waals surface area contributed by atoms with Gasteiger partial charge in [0.2, 0.25) is 0 Å². The van der Waals surface area contributed by atoms with Crippen molar-refractivity contribution in [2.75, 3.05) is 4.72 Å². The van der Waals surface area contributed by atoms with Crippen LogP contribution in [-0.4, -0.2) is 18.5 Å². The van der Waals surface area contributed by atoms with Gasteiger partial charge in [-0.1, -0.05) is 0 Å². The number of aromatic nitrogens is 1. The standard InChI is InChI=1S/C12H14N2O3S2/c1-8-3-9(2)13-12(4-8)14-19(16,17)11-5-10(6-15)18-7-11/h3-5,7,15H,6H2,1-2H3,(H,13,14). The van der Waals surface area contributed by atoms with Gasteiger partial charge in [-0.2, -0.15) is 0 Å². The third kappa shape index (κ3) is 3.31. The van der Waals surface area contributed by atoms with Gasteiger partial charge in [-0.3, -0.25) is 4.72 Å². The Morgan fingerprint density at radius 2 is 2.05 bits per heavy atom. The molecule has 19 heavy (non-hydrogen) atoms. The average molecular weight is 298 g/mol. The van der Waals surface area contributed by atoms with Crippen molar-refractivity contribution in [2.45, 2.75) is 25.3 Å². The van der Waals surface area contributed by atoms with Crippen LogP contribution in [0.3, 0.4) is 0 Å². The summed E-state index contributed by atoms with van der Waals surface area (Å²) in [4.78, 5) is 4.88. The summed E-state index contributed by atoms with van der Waals surface area (Å²) in [6.07, 6.45) is 0. The van der Waals surface area contributed by atoms with Crippen molar-refractivity contribution < 1.29 is 13.5 Å². The van der Waals surface area contributed by atoms with E-state index in [2.05, 4.69) is 9.71 Å². The van der Waals surface area contributed by atoms with Crippen molar-refractivity contribution in [3.05, 3.63) is 39.7 Å². The molecule has 0 bridgehead atoms. The molecule has 0 radical (unpaired) electrons. The molecule has 0 atom stereocenters. The minimum Gasteiger partial charge on any atom is -0.391 e. The maximum absolute atomic E-state index is 12.1. The van der Waals surface area contributed by atoms with Gasteiger partial charge in [0.1, 0.15) is 5.82 Å². The van der Waals surface area contributed by atoms with E-state index >= 15 is 0 Å². The Hall–Kier alpha value is -1.44. The number of sulfonamides is 1. The Kier molecular flexibility index (Phi) is 3.88. The van der Waals surface area contributed by atoms with Crippen molar-refractivity contribution in [1.29, 1.82) is 0 Å². The number of anilines is 1. The second-order valence-electron chi connectivity index (χ2n) is 4.18. The summed E-state index contributed by atoms with van der Waals surface area (Å²) in [7, 11) is -3.65.